The highest BCUT2D eigenvalue weighted by Gasteiger charge is 2.34. The summed E-state index contributed by atoms with van der Waals surface area (Å²) in [5.74, 6) is 2.73. The number of amides is 1. The number of para-hydroxylation sites is 2. The summed E-state index contributed by atoms with van der Waals surface area (Å²) in [6, 6.07) is 29.5. The summed E-state index contributed by atoms with van der Waals surface area (Å²) in [4.78, 5) is 63.4. The fourth-order valence-corrected chi connectivity index (χ4v) is 11.5. The Bertz CT molecular complexity index is 3030. The topological polar surface area (TPSA) is 168 Å². The fourth-order valence-electron chi connectivity index (χ4n) is 10.7. The van der Waals surface area contributed by atoms with Crippen LogP contribution in [0.15, 0.2) is 97.2 Å². The molecule has 1 unspecified atom stereocenters. The Hall–Kier alpha value is -5.15. The van der Waals surface area contributed by atoms with Crippen molar-refractivity contribution in [3.05, 3.63) is 124 Å². The van der Waals surface area contributed by atoms with Gasteiger partial charge in [-0.05, 0) is 199 Å². The summed E-state index contributed by atoms with van der Waals surface area (Å²) >= 11 is 13.4. The number of nitrogens with zero attached hydrogens (tertiary/aromatic N) is 2. The van der Waals surface area contributed by atoms with E-state index in [-0.39, 0.29) is 63.7 Å². The number of rotatable bonds is 27. The first-order valence-electron chi connectivity index (χ1n) is 40.2. The average molecular weight is 1580 g/mol. The van der Waals surface area contributed by atoms with Gasteiger partial charge in [0.1, 0.15) is 23.9 Å². The summed E-state index contributed by atoms with van der Waals surface area (Å²) in [5, 5.41) is 9.97. The second-order valence-electron chi connectivity index (χ2n) is 38.3. The molecule has 3 atom stereocenters. The first-order valence-corrected chi connectivity index (χ1v) is 42.3. The highest BCUT2D eigenvalue weighted by molar-refractivity contribution is 7.98. The maximum atomic E-state index is 12.7. The van der Waals surface area contributed by atoms with Crippen molar-refractivity contribution in [1.82, 2.24) is 9.88 Å². The van der Waals surface area contributed by atoms with Gasteiger partial charge in [-0.3, -0.25) is 24.2 Å². The number of hydrogen-bond donors (Lipinski definition) is 1. The van der Waals surface area contributed by atoms with E-state index in [2.05, 4.69) is 161 Å². The van der Waals surface area contributed by atoms with Gasteiger partial charge in [0.05, 0.1) is 54.7 Å². The van der Waals surface area contributed by atoms with Crippen molar-refractivity contribution in [3.8, 4) is 11.5 Å². The Kier molecular flexibility index (Phi) is 54.8. The molecule has 1 saturated heterocycles. The zero-order valence-electron chi connectivity index (χ0n) is 74.7. The molecule has 626 valence electrons. The predicted octanol–water partition coefficient (Wildman–Crippen LogP) is 26.4. The maximum absolute atomic E-state index is 12.7. The Balaban J connectivity index is -0.00000119. The molecule has 109 heavy (non-hydrogen) atoms. The van der Waals surface area contributed by atoms with Crippen molar-refractivity contribution in [1.29, 1.82) is 0 Å². The van der Waals surface area contributed by atoms with Gasteiger partial charge in [0.2, 0.25) is 5.91 Å². The molecule has 0 saturated carbocycles. The zero-order valence-corrected chi connectivity index (χ0v) is 77.0. The minimum atomic E-state index is -0.659. The minimum Gasteiger partial charge on any atom is -0.494 e. The molecule has 1 N–H and O–H groups in total. The second-order valence-corrected chi connectivity index (χ2v) is 40.1. The van der Waals surface area contributed by atoms with Crippen LogP contribution < -0.4 is 9.47 Å². The molecular formula is C93H158Cl2N2O11S. The van der Waals surface area contributed by atoms with E-state index < -0.39 is 5.97 Å². The van der Waals surface area contributed by atoms with Crippen molar-refractivity contribution in [2.75, 3.05) is 51.5 Å². The van der Waals surface area contributed by atoms with E-state index in [1.807, 2.05) is 135 Å². The van der Waals surface area contributed by atoms with Crippen molar-refractivity contribution < 1.29 is 52.8 Å². The van der Waals surface area contributed by atoms with Crippen LogP contribution in [0.4, 0.5) is 0 Å². The number of benzene rings is 3. The van der Waals surface area contributed by atoms with Crippen molar-refractivity contribution in [2.45, 2.75) is 316 Å². The number of carbonyl (C=O) groups is 5. The van der Waals surface area contributed by atoms with Crippen LogP contribution in [-0.4, -0.2) is 102 Å². The summed E-state index contributed by atoms with van der Waals surface area (Å²) < 4.78 is 26.9. The third-order valence-corrected chi connectivity index (χ3v) is 17.9. The van der Waals surface area contributed by atoms with Crippen molar-refractivity contribution >= 4 is 64.6 Å². The van der Waals surface area contributed by atoms with Crippen molar-refractivity contribution in [2.24, 2.45) is 55.2 Å². The lowest BCUT2D eigenvalue weighted by atomic mass is 9.77. The first-order chi connectivity index (χ1) is 50.0. The quantitative estimate of drug-likeness (QED) is 0.0443. The number of halogens is 2. The van der Waals surface area contributed by atoms with E-state index in [1.54, 1.807) is 36.9 Å². The third kappa shape index (κ3) is 64.0. The number of pyridine rings is 1. The standard InChI is InChI=1S/C16H31NO2.C15H24O.C13H16Cl2O2.C12H18O.C10H15N.C10H20O2S.C9H18O.C8H16O2/c1-7-11-17(12-8-2)15(19)14(16(4,5)6)10-9-13(3)18;1-12(2)13-8-6-7-9-14(13)16-11-10-15(3,4)5;1-13(2,3)7-12(16)17-8-9-4-5-10(14)11(15)6-9;1-12(2,3)9-10-13-11-7-5-4-6-8-11;1-10(2,3)8-9-6-4-5-7-11-9;1-10(2,3)8(9(11)12)6-5-7-13-4;1-9(2,3)7-8-5-4-6-10-8;1-5-10-7(9)6-8(2,3)4/h14H,7-12H2,1-6H3;6-9,12H,10-11H2,1-5H3;4-6H,7-8H2,1-3H3;4-8H,9-10H2,1-3H3;4-7H,8H2,1-3H3;8H,5-7H2,1-4H3,(H,11,12);8H,4-7H2,1-3H3;5-6H2,1-4H3/t14-;;;;;;8-;/m1.....0./s1. The Labute approximate surface area is 681 Å². The van der Waals surface area contributed by atoms with Gasteiger partial charge in [-0.2, -0.15) is 11.8 Å². The van der Waals surface area contributed by atoms with Crippen LogP contribution in [-0.2, 0) is 51.2 Å². The van der Waals surface area contributed by atoms with Crippen LogP contribution in [0.2, 0.25) is 10.0 Å². The molecule has 2 heterocycles. The molecule has 5 rings (SSSR count). The lowest BCUT2D eigenvalue weighted by molar-refractivity contribution is -0.147. The normalized spacial score (nSPS) is 13.5. The summed E-state index contributed by atoms with van der Waals surface area (Å²) in [6.45, 7) is 68.1. The molecule has 1 amide bonds. The molecule has 3 aromatic carbocycles. The van der Waals surface area contributed by atoms with Crippen molar-refractivity contribution in [3.63, 3.8) is 0 Å². The van der Waals surface area contributed by atoms with Gasteiger partial charge in [0.25, 0.3) is 0 Å². The number of carbonyl (C=O) groups excluding carboxylic acids is 4. The zero-order chi connectivity index (χ0) is 84.6. The van der Waals surface area contributed by atoms with Gasteiger partial charge < -0.3 is 38.5 Å². The molecule has 1 aliphatic rings. The number of esters is 2. The molecule has 16 heteroatoms. The van der Waals surface area contributed by atoms with Crippen LogP contribution in [0.1, 0.15) is 314 Å². The van der Waals surface area contributed by atoms with Gasteiger partial charge in [-0.15, -0.1) is 0 Å². The Morgan fingerprint density at radius 1 is 0.606 bits per heavy atom. The molecule has 13 nitrogen and oxygen atoms in total. The smallest absolute Gasteiger partial charge is 0.307 e. The van der Waals surface area contributed by atoms with E-state index in [0.717, 1.165) is 101 Å². The number of ketones is 1. The number of carboxylic acids is 1. The highest BCUT2D eigenvalue weighted by atomic mass is 35.5. The molecule has 0 bridgehead atoms. The number of thioether (sulfide) groups is 1. The van der Waals surface area contributed by atoms with Crippen LogP contribution in [0, 0.1) is 55.2 Å². The Morgan fingerprint density at radius 3 is 1.53 bits per heavy atom. The predicted molar refractivity (Wildman–Crippen MR) is 466 cm³/mol. The largest absolute Gasteiger partial charge is 0.494 e. The van der Waals surface area contributed by atoms with Gasteiger partial charge in [-0.25, -0.2) is 0 Å². The molecule has 1 fully saturated rings. The lowest BCUT2D eigenvalue weighted by Crippen LogP contribution is -2.42. The summed E-state index contributed by atoms with van der Waals surface area (Å²) in [7, 11) is 0. The molecule has 1 aliphatic heterocycles. The first kappa shape index (κ1) is 108. The highest BCUT2D eigenvalue weighted by Crippen LogP contribution is 2.34. The molecule has 0 spiro atoms. The van der Waals surface area contributed by atoms with Crippen LogP contribution in [0.3, 0.4) is 0 Å². The summed E-state index contributed by atoms with van der Waals surface area (Å²) in [6.07, 6.45) is 17.2. The van der Waals surface area contributed by atoms with Gasteiger partial charge in [0, 0.05) is 43.9 Å². The third-order valence-electron chi connectivity index (χ3n) is 16.5. The molecule has 1 aromatic heterocycles. The number of aromatic nitrogens is 1. The van der Waals surface area contributed by atoms with E-state index in [0.29, 0.717) is 76.0 Å². The molecule has 0 radical (unpaired) electrons. The number of Topliss-reactive ketones (excluding diaryl/α,β-unsaturated/α-hetero) is 1. The fraction of sp³-hybridized carbons (Fsp3) is 0.699. The van der Waals surface area contributed by atoms with Gasteiger partial charge in [-0.1, -0.05) is 266 Å². The van der Waals surface area contributed by atoms with Gasteiger partial charge in [0.15, 0.2) is 0 Å². The summed E-state index contributed by atoms with van der Waals surface area (Å²) in [5.41, 5.74) is 4.57. The minimum absolute atomic E-state index is 0.0479. The number of carboxylic acid groups (broad SMARTS) is 1. The van der Waals surface area contributed by atoms with E-state index in [4.69, 9.17) is 52.0 Å². The maximum Gasteiger partial charge on any atom is 0.307 e. The average Bonchev–Trinajstić information content (AvgIpc) is 1.27. The molecular weight excluding hydrogens is 1420 g/mol. The van der Waals surface area contributed by atoms with E-state index in [1.165, 1.54) is 30.5 Å². The van der Waals surface area contributed by atoms with Gasteiger partial charge >= 0.3 is 17.9 Å². The monoisotopic (exact) mass is 1580 g/mol. The number of aliphatic carboxylic acids is 1. The SMILES string of the molecule is CC(C)(C)CC(=O)OCc1ccc(Cl)c(Cl)c1.CC(C)(C)CCOc1ccccc1.CC(C)(C)C[C@@H]1CCCO1.CC(C)(C)Cc1ccccn1.CC(C)c1ccccc1OCCC(C)(C)C.CCCN(CCC)C(=O)[C@@H](CCC(C)=O)C(C)(C)C.CCOC(=O)CC(C)(C)C.CSCCCC(C(=O)O)C(C)(C)C. The number of ether oxygens (including phenoxy) is 5. The van der Waals surface area contributed by atoms with E-state index >= 15 is 0 Å². The second kappa shape index (κ2) is 55.3. The lowest BCUT2D eigenvalue weighted by Gasteiger charge is -2.34. The van der Waals surface area contributed by atoms with Crippen LogP contribution in [0.5, 0.6) is 11.5 Å². The Morgan fingerprint density at radius 2 is 1.12 bits per heavy atom. The van der Waals surface area contributed by atoms with Crippen LogP contribution in [0.25, 0.3) is 0 Å². The molecule has 0 aliphatic carbocycles. The van der Waals surface area contributed by atoms with Crippen LogP contribution >= 0.6 is 35.0 Å². The number of hydrogen-bond acceptors (Lipinski definition) is 12. The van der Waals surface area contributed by atoms with E-state index in [9.17, 15) is 24.0 Å². The molecule has 4 aromatic rings.